The number of pyridine rings is 1. The first-order valence-corrected chi connectivity index (χ1v) is 10.0. The van der Waals surface area contributed by atoms with Gasteiger partial charge in [-0.3, -0.25) is 9.78 Å². The largest absolute Gasteiger partial charge is 0.493 e. The van der Waals surface area contributed by atoms with E-state index in [1.165, 1.54) is 11.3 Å². The van der Waals surface area contributed by atoms with E-state index in [0.29, 0.717) is 13.0 Å². The third kappa shape index (κ3) is 4.35. The predicted octanol–water partition coefficient (Wildman–Crippen LogP) is 5.30. The van der Waals surface area contributed by atoms with Gasteiger partial charge in [0, 0.05) is 53.1 Å². The van der Waals surface area contributed by atoms with Gasteiger partial charge in [0.2, 0.25) is 0 Å². The van der Waals surface area contributed by atoms with E-state index in [-0.39, 0.29) is 6.42 Å². The molecule has 0 saturated carbocycles. The summed E-state index contributed by atoms with van der Waals surface area (Å²) in [5.41, 5.74) is 5.48. The van der Waals surface area contributed by atoms with E-state index in [0.717, 1.165) is 34.3 Å². The second-order valence-corrected chi connectivity index (χ2v) is 7.35. The second-order valence-electron chi connectivity index (χ2n) is 7.35. The lowest BCUT2D eigenvalue weighted by atomic mass is 10.0. The minimum Gasteiger partial charge on any atom is -0.493 e. The molecule has 4 rings (SSSR count). The molecule has 0 aliphatic heterocycles. The molecule has 0 unspecified atom stereocenters. The minimum atomic E-state index is -0.810. The predicted molar refractivity (Wildman–Crippen MR) is 118 cm³/mol. The molecule has 4 aromatic rings. The van der Waals surface area contributed by atoms with Gasteiger partial charge >= 0.3 is 5.97 Å². The summed E-state index contributed by atoms with van der Waals surface area (Å²) in [6.07, 6.45) is 4.13. The molecule has 1 N–H and O–H groups in total. The smallest absolute Gasteiger partial charge is 0.303 e. The van der Waals surface area contributed by atoms with Gasteiger partial charge in [0.1, 0.15) is 5.75 Å². The van der Waals surface area contributed by atoms with E-state index < -0.39 is 5.97 Å². The van der Waals surface area contributed by atoms with E-state index in [1.54, 1.807) is 6.20 Å². The maximum Gasteiger partial charge on any atom is 0.303 e. The summed E-state index contributed by atoms with van der Waals surface area (Å²) in [6.45, 7) is 3.26. The zero-order chi connectivity index (χ0) is 20.9. The third-order valence-electron chi connectivity index (χ3n) is 5.16. The van der Waals surface area contributed by atoms with Crippen LogP contribution in [0.4, 0.5) is 0 Å². The standard InChI is InChI=1S/C25H24N2O3/c1-18-13-21-14-24(30-12-6-10-25(28)29)22(20-9-5-11-26-16-20)15-23(21)27(18)17-19-7-3-2-4-8-19/h2-5,7-9,11,13-16H,6,10,12,17H2,1H3,(H,28,29). The van der Waals surface area contributed by atoms with Gasteiger partial charge in [-0.1, -0.05) is 36.4 Å². The molecule has 30 heavy (non-hydrogen) atoms. The summed E-state index contributed by atoms with van der Waals surface area (Å²) in [4.78, 5) is 15.1. The number of aliphatic carboxylic acids is 1. The molecule has 5 nitrogen and oxygen atoms in total. The average Bonchev–Trinajstić information content (AvgIpc) is 3.06. The molecule has 2 aromatic carbocycles. The zero-order valence-corrected chi connectivity index (χ0v) is 16.9. The highest BCUT2D eigenvalue weighted by molar-refractivity contribution is 5.90. The van der Waals surface area contributed by atoms with Crippen molar-refractivity contribution < 1.29 is 14.6 Å². The summed E-state index contributed by atoms with van der Waals surface area (Å²) in [6, 6.07) is 20.7. The Morgan fingerprint density at radius 1 is 1.10 bits per heavy atom. The Balaban J connectivity index is 1.74. The van der Waals surface area contributed by atoms with Gasteiger partial charge in [-0.25, -0.2) is 0 Å². The van der Waals surface area contributed by atoms with Crippen molar-refractivity contribution in [2.75, 3.05) is 6.61 Å². The summed E-state index contributed by atoms with van der Waals surface area (Å²) < 4.78 is 8.32. The van der Waals surface area contributed by atoms with Crippen molar-refractivity contribution in [1.29, 1.82) is 0 Å². The summed E-state index contributed by atoms with van der Waals surface area (Å²) in [7, 11) is 0. The Hall–Kier alpha value is -3.60. The number of fused-ring (bicyclic) bond motifs is 1. The average molecular weight is 400 g/mol. The first kappa shape index (κ1) is 19.7. The van der Waals surface area contributed by atoms with Crippen molar-refractivity contribution in [3.63, 3.8) is 0 Å². The summed E-state index contributed by atoms with van der Waals surface area (Å²) >= 11 is 0. The first-order chi connectivity index (χ1) is 14.6. The van der Waals surface area contributed by atoms with Crippen LogP contribution < -0.4 is 4.74 Å². The number of aryl methyl sites for hydroxylation is 1. The Labute approximate surface area is 175 Å². The van der Waals surface area contributed by atoms with Gasteiger partial charge in [-0.05, 0) is 43.2 Å². The highest BCUT2D eigenvalue weighted by atomic mass is 16.5. The van der Waals surface area contributed by atoms with Crippen LogP contribution >= 0.6 is 0 Å². The normalized spacial score (nSPS) is 11.0. The van der Waals surface area contributed by atoms with Crippen LogP contribution in [0.3, 0.4) is 0 Å². The van der Waals surface area contributed by atoms with Gasteiger partial charge in [-0.15, -0.1) is 0 Å². The number of ether oxygens (including phenoxy) is 1. The molecule has 152 valence electrons. The molecule has 5 heteroatoms. The number of hydrogen-bond acceptors (Lipinski definition) is 3. The quantitative estimate of drug-likeness (QED) is 0.408. The molecule has 2 aromatic heterocycles. The topological polar surface area (TPSA) is 64.3 Å². The third-order valence-corrected chi connectivity index (χ3v) is 5.16. The lowest BCUT2D eigenvalue weighted by molar-refractivity contribution is -0.137. The van der Waals surface area contributed by atoms with E-state index in [1.807, 2.05) is 30.5 Å². The van der Waals surface area contributed by atoms with Crippen LogP contribution in [0.15, 0.2) is 73.1 Å². The van der Waals surface area contributed by atoms with Crippen molar-refractivity contribution in [3.05, 3.63) is 84.3 Å². The van der Waals surface area contributed by atoms with Gasteiger partial charge < -0.3 is 14.4 Å². The Morgan fingerprint density at radius 2 is 1.93 bits per heavy atom. The number of carboxylic acids is 1. The molecule has 0 bridgehead atoms. The Morgan fingerprint density at radius 3 is 2.67 bits per heavy atom. The molecule has 0 amide bonds. The molecular weight excluding hydrogens is 376 g/mol. The van der Waals surface area contributed by atoms with Gasteiger partial charge in [-0.2, -0.15) is 0 Å². The van der Waals surface area contributed by atoms with Gasteiger partial charge in [0.05, 0.1) is 6.61 Å². The number of benzene rings is 2. The van der Waals surface area contributed by atoms with Gasteiger partial charge in [0.25, 0.3) is 0 Å². The molecule has 0 aliphatic carbocycles. The Bertz CT molecular complexity index is 1150. The molecular formula is C25H24N2O3. The van der Waals surface area contributed by atoms with Crippen molar-refractivity contribution >= 4 is 16.9 Å². The number of aromatic nitrogens is 2. The Kier molecular flexibility index (Phi) is 5.80. The molecule has 0 radical (unpaired) electrons. The van der Waals surface area contributed by atoms with Crippen LogP contribution in [0.25, 0.3) is 22.0 Å². The van der Waals surface area contributed by atoms with E-state index in [4.69, 9.17) is 9.84 Å². The maximum atomic E-state index is 10.8. The van der Waals surface area contributed by atoms with Gasteiger partial charge in [0.15, 0.2) is 0 Å². The maximum absolute atomic E-state index is 10.8. The molecule has 0 saturated heterocycles. The van der Waals surface area contributed by atoms with Crippen LogP contribution in [0.5, 0.6) is 5.75 Å². The van der Waals surface area contributed by atoms with Crippen LogP contribution in [0.2, 0.25) is 0 Å². The number of hydrogen-bond donors (Lipinski definition) is 1. The molecule has 0 atom stereocenters. The fraction of sp³-hybridized carbons (Fsp3) is 0.200. The van der Waals surface area contributed by atoms with Crippen molar-refractivity contribution in [1.82, 2.24) is 9.55 Å². The fourth-order valence-corrected chi connectivity index (χ4v) is 3.67. The van der Waals surface area contributed by atoms with Crippen LogP contribution in [0.1, 0.15) is 24.1 Å². The summed E-state index contributed by atoms with van der Waals surface area (Å²) in [5.74, 6) is -0.0621. The zero-order valence-electron chi connectivity index (χ0n) is 16.9. The fourth-order valence-electron chi connectivity index (χ4n) is 3.67. The SMILES string of the molecule is Cc1cc2cc(OCCCC(=O)O)c(-c3cccnc3)cc2n1Cc1ccccc1. The van der Waals surface area contributed by atoms with Crippen molar-refractivity contribution in [2.45, 2.75) is 26.3 Å². The van der Waals surface area contributed by atoms with E-state index >= 15 is 0 Å². The van der Waals surface area contributed by atoms with Crippen molar-refractivity contribution in [2.24, 2.45) is 0 Å². The highest BCUT2D eigenvalue weighted by Crippen LogP contribution is 2.35. The minimum absolute atomic E-state index is 0.0943. The first-order valence-electron chi connectivity index (χ1n) is 10.0. The molecule has 2 heterocycles. The van der Waals surface area contributed by atoms with Crippen LogP contribution in [-0.2, 0) is 11.3 Å². The highest BCUT2D eigenvalue weighted by Gasteiger charge is 2.14. The summed E-state index contributed by atoms with van der Waals surface area (Å²) in [5, 5.41) is 9.97. The number of carbonyl (C=O) groups is 1. The number of nitrogens with zero attached hydrogens (tertiary/aromatic N) is 2. The lowest BCUT2D eigenvalue weighted by Gasteiger charge is -2.14. The van der Waals surface area contributed by atoms with E-state index in [9.17, 15) is 4.79 Å². The second kappa shape index (κ2) is 8.82. The van der Waals surface area contributed by atoms with E-state index in [2.05, 4.69) is 52.9 Å². The lowest BCUT2D eigenvalue weighted by Crippen LogP contribution is -2.04. The number of carboxylic acid groups (broad SMARTS) is 1. The molecule has 0 spiro atoms. The van der Waals surface area contributed by atoms with Crippen LogP contribution in [0, 0.1) is 6.92 Å². The van der Waals surface area contributed by atoms with Crippen LogP contribution in [-0.4, -0.2) is 27.2 Å². The van der Waals surface area contributed by atoms with Crippen molar-refractivity contribution in [3.8, 4) is 16.9 Å². The monoisotopic (exact) mass is 400 g/mol. The molecule has 0 fully saturated rings. The molecule has 0 aliphatic rings. The number of rotatable bonds is 8.